The molecule has 1 aliphatic rings. The second-order valence-electron chi connectivity index (χ2n) is 7.13. The Morgan fingerprint density at radius 1 is 1.09 bits per heavy atom. The number of nitrogens with one attached hydrogen (secondary N) is 1. The molecule has 0 aromatic heterocycles. The van der Waals surface area contributed by atoms with Gasteiger partial charge in [-0.1, -0.05) is 46.0 Å². The van der Waals surface area contributed by atoms with Crippen LogP contribution in [0.5, 0.6) is 0 Å². The van der Waals surface area contributed by atoms with E-state index in [0.717, 1.165) is 19.6 Å². The smallest absolute Gasteiger partial charge is 0.188 e. The van der Waals surface area contributed by atoms with Gasteiger partial charge in [-0.05, 0) is 19.4 Å². The molecule has 23 heavy (non-hydrogen) atoms. The van der Waals surface area contributed by atoms with Crippen molar-refractivity contribution >= 4 is 5.96 Å². The molecule has 1 saturated heterocycles. The first-order valence-electron chi connectivity index (χ1n) is 9.56. The largest absolute Gasteiger partial charge is 0.370 e. The summed E-state index contributed by atoms with van der Waals surface area (Å²) in [4.78, 5) is 9.43. The van der Waals surface area contributed by atoms with Gasteiger partial charge in [0.2, 0.25) is 0 Å². The Bertz CT molecular complexity index is 311. The van der Waals surface area contributed by atoms with Gasteiger partial charge in [0.15, 0.2) is 5.96 Å². The molecule has 5 nitrogen and oxygen atoms in total. The average Bonchev–Trinajstić information content (AvgIpc) is 2.54. The molecule has 0 aromatic carbocycles. The lowest BCUT2D eigenvalue weighted by atomic mass is 10.1. The van der Waals surface area contributed by atoms with Crippen LogP contribution < -0.4 is 11.1 Å². The van der Waals surface area contributed by atoms with Gasteiger partial charge in [0.25, 0.3) is 0 Å². The summed E-state index contributed by atoms with van der Waals surface area (Å²) in [7, 11) is 2.20. The SMILES string of the molecule is CCCCCCCCNC(N)=NCC(C)CN1CCN(C)CC1. The molecule has 0 saturated carbocycles. The van der Waals surface area contributed by atoms with E-state index in [1.54, 1.807) is 0 Å². The quantitative estimate of drug-likeness (QED) is 0.347. The minimum absolute atomic E-state index is 0.563. The van der Waals surface area contributed by atoms with Gasteiger partial charge in [-0.25, -0.2) is 0 Å². The highest BCUT2D eigenvalue weighted by molar-refractivity contribution is 5.77. The summed E-state index contributed by atoms with van der Waals surface area (Å²) >= 11 is 0. The van der Waals surface area contributed by atoms with Gasteiger partial charge in [-0.2, -0.15) is 0 Å². The van der Waals surface area contributed by atoms with E-state index in [0.29, 0.717) is 11.9 Å². The van der Waals surface area contributed by atoms with E-state index in [9.17, 15) is 0 Å². The molecule has 0 aromatic rings. The molecule has 1 heterocycles. The highest BCUT2D eigenvalue weighted by atomic mass is 15.2. The molecule has 1 atom stereocenters. The fraction of sp³-hybridized carbons (Fsp3) is 0.944. The summed E-state index contributed by atoms with van der Waals surface area (Å²) in [5, 5.41) is 3.25. The normalized spacial score (nSPS) is 19.0. The Morgan fingerprint density at radius 3 is 2.43 bits per heavy atom. The van der Waals surface area contributed by atoms with Crippen LogP contribution in [0.15, 0.2) is 4.99 Å². The number of nitrogens with zero attached hydrogens (tertiary/aromatic N) is 3. The van der Waals surface area contributed by atoms with Crippen LogP contribution in [0, 0.1) is 5.92 Å². The van der Waals surface area contributed by atoms with E-state index in [4.69, 9.17) is 5.73 Å². The van der Waals surface area contributed by atoms with E-state index in [-0.39, 0.29) is 0 Å². The van der Waals surface area contributed by atoms with Gasteiger partial charge in [-0.15, -0.1) is 0 Å². The summed E-state index contributed by atoms with van der Waals surface area (Å²) in [5.74, 6) is 1.18. The second kappa shape index (κ2) is 12.6. The number of hydrogen-bond acceptors (Lipinski definition) is 3. The first kappa shape index (κ1) is 20.2. The number of guanidine groups is 1. The molecule has 0 amide bonds. The lowest BCUT2D eigenvalue weighted by molar-refractivity contribution is 0.140. The standard InChI is InChI=1S/C18H39N5/c1-4-5-6-7-8-9-10-20-18(19)21-15-17(2)16-23-13-11-22(3)12-14-23/h17H,4-16H2,1-3H3,(H3,19,20,21). The van der Waals surface area contributed by atoms with Crippen LogP contribution in [0.1, 0.15) is 52.4 Å². The molecule has 1 rings (SSSR count). The molecule has 1 fully saturated rings. The number of piperazine rings is 1. The predicted octanol–water partition coefficient (Wildman–Crippen LogP) is 2.13. The molecule has 3 N–H and O–H groups in total. The van der Waals surface area contributed by atoms with Crippen molar-refractivity contribution in [2.24, 2.45) is 16.6 Å². The highest BCUT2D eigenvalue weighted by Crippen LogP contribution is 2.05. The Kier molecular flexibility index (Phi) is 11.1. The lowest BCUT2D eigenvalue weighted by Gasteiger charge is -2.33. The van der Waals surface area contributed by atoms with Crippen molar-refractivity contribution in [3.05, 3.63) is 0 Å². The monoisotopic (exact) mass is 325 g/mol. The molecular weight excluding hydrogens is 286 g/mol. The summed E-state index contributed by atoms with van der Waals surface area (Å²) in [6, 6.07) is 0. The number of hydrogen-bond donors (Lipinski definition) is 2. The molecule has 0 radical (unpaired) electrons. The van der Waals surface area contributed by atoms with E-state index in [2.05, 4.69) is 41.0 Å². The molecule has 0 bridgehead atoms. The first-order chi connectivity index (χ1) is 11.1. The van der Waals surface area contributed by atoms with Crippen LogP contribution in [0.3, 0.4) is 0 Å². The Hall–Kier alpha value is -0.810. The topological polar surface area (TPSA) is 56.9 Å². The van der Waals surface area contributed by atoms with Gasteiger partial charge in [0, 0.05) is 45.8 Å². The third kappa shape index (κ3) is 10.6. The summed E-state index contributed by atoms with van der Waals surface area (Å²) in [5.41, 5.74) is 5.95. The predicted molar refractivity (Wildman–Crippen MR) is 101 cm³/mol. The number of nitrogens with two attached hydrogens (primary N) is 1. The Balaban J connectivity index is 2.03. The van der Waals surface area contributed by atoms with Crippen molar-refractivity contribution < 1.29 is 0 Å². The maximum Gasteiger partial charge on any atom is 0.188 e. The van der Waals surface area contributed by atoms with Crippen LogP contribution in [-0.4, -0.2) is 68.6 Å². The Labute approximate surface area is 143 Å². The maximum atomic E-state index is 5.95. The molecule has 136 valence electrons. The van der Waals surface area contributed by atoms with Crippen LogP contribution in [0.2, 0.25) is 0 Å². The first-order valence-corrected chi connectivity index (χ1v) is 9.56. The minimum atomic E-state index is 0.563. The zero-order valence-corrected chi connectivity index (χ0v) is 15.7. The van der Waals surface area contributed by atoms with Crippen molar-refractivity contribution in [1.29, 1.82) is 0 Å². The van der Waals surface area contributed by atoms with E-state index in [1.165, 1.54) is 64.7 Å². The van der Waals surface area contributed by atoms with Gasteiger partial charge in [-0.3, -0.25) is 4.99 Å². The van der Waals surface area contributed by atoms with Crippen LogP contribution in [0.4, 0.5) is 0 Å². The van der Waals surface area contributed by atoms with E-state index in [1.807, 2.05) is 0 Å². The van der Waals surface area contributed by atoms with Crippen LogP contribution in [0.25, 0.3) is 0 Å². The van der Waals surface area contributed by atoms with Gasteiger partial charge in [0.05, 0.1) is 0 Å². The molecule has 1 aliphatic heterocycles. The molecular formula is C18H39N5. The van der Waals surface area contributed by atoms with Crippen molar-refractivity contribution in [2.75, 3.05) is 52.9 Å². The molecule has 0 aliphatic carbocycles. The zero-order valence-electron chi connectivity index (χ0n) is 15.7. The lowest BCUT2D eigenvalue weighted by Crippen LogP contribution is -2.46. The van der Waals surface area contributed by atoms with Gasteiger partial charge < -0.3 is 20.9 Å². The summed E-state index contributed by atoms with van der Waals surface area (Å²) in [6.45, 7) is 12.1. The minimum Gasteiger partial charge on any atom is -0.370 e. The zero-order chi connectivity index (χ0) is 16.9. The molecule has 0 spiro atoms. The Morgan fingerprint density at radius 2 is 1.74 bits per heavy atom. The average molecular weight is 326 g/mol. The van der Waals surface area contributed by atoms with Crippen LogP contribution in [-0.2, 0) is 0 Å². The number of rotatable bonds is 11. The number of likely N-dealkylation sites (N-methyl/N-ethyl adjacent to an activating group) is 1. The van der Waals surface area contributed by atoms with Crippen LogP contribution >= 0.6 is 0 Å². The maximum absolute atomic E-state index is 5.95. The second-order valence-corrected chi connectivity index (χ2v) is 7.13. The highest BCUT2D eigenvalue weighted by Gasteiger charge is 2.15. The van der Waals surface area contributed by atoms with E-state index >= 15 is 0 Å². The number of aliphatic imine (C=N–C) groups is 1. The number of unbranched alkanes of at least 4 members (excludes halogenated alkanes) is 5. The molecule has 5 heteroatoms. The third-order valence-corrected chi connectivity index (χ3v) is 4.58. The fourth-order valence-corrected chi connectivity index (χ4v) is 2.96. The van der Waals surface area contributed by atoms with Crippen molar-refractivity contribution in [1.82, 2.24) is 15.1 Å². The van der Waals surface area contributed by atoms with Gasteiger partial charge in [0.1, 0.15) is 0 Å². The third-order valence-electron chi connectivity index (χ3n) is 4.58. The van der Waals surface area contributed by atoms with Crippen molar-refractivity contribution in [2.45, 2.75) is 52.4 Å². The van der Waals surface area contributed by atoms with Crippen molar-refractivity contribution in [3.63, 3.8) is 0 Å². The fourth-order valence-electron chi connectivity index (χ4n) is 2.96. The van der Waals surface area contributed by atoms with Gasteiger partial charge >= 0.3 is 0 Å². The van der Waals surface area contributed by atoms with Crippen molar-refractivity contribution in [3.8, 4) is 0 Å². The summed E-state index contributed by atoms with van der Waals surface area (Å²) < 4.78 is 0. The summed E-state index contributed by atoms with van der Waals surface area (Å²) in [6.07, 6.45) is 7.86. The molecule has 1 unspecified atom stereocenters. The van der Waals surface area contributed by atoms with E-state index < -0.39 is 0 Å².